The van der Waals surface area contributed by atoms with Gasteiger partial charge in [-0.2, -0.15) is 0 Å². The molecule has 7 nitrogen and oxygen atoms in total. The summed E-state index contributed by atoms with van der Waals surface area (Å²) in [7, 11) is 0. The van der Waals surface area contributed by atoms with Gasteiger partial charge in [0.05, 0.1) is 18.5 Å². The van der Waals surface area contributed by atoms with Crippen molar-refractivity contribution in [2.45, 2.75) is 70.5 Å². The molecule has 3 fully saturated rings. The van der Waals surface area contributed by atoms with Crippen LogP contribution in [0.5, 0.6) is 0 Å². The zero-order valence-corrected chi connectivity index (χ0v) is 16.1. The maximum Gasteiger partial charge on any atom is 0.166 e. The average molecular weight is 369 g/mol. The Hall–Kier alpha value is -1.99. The molecule has 1 aliphatic heterocycles. The van der Waals surface area contributed by atoms with E-state index in [1.165, 1.54) is 12.8 Å². The minimum atomic E-state index is -0.529. The van der Waals surface area contributed by atoms with Crippen LogP contribution in [0.4, 0.5) is 5.82 Å². The second kappa shape index (κ2) is 6.01. The van der Waals surface area contributed by atoms with Crippen molar-refractivity contribution in [2.75, 3.05) is 5.73 Å². The molecular weight excluding hydrogens is 342 g/mol. The summed E-state index contributed by atoms with van der Waals surface area (Å²) < 4.78 is 14.6. The molecule has 0 aromatic carbocycles. The molecule has 2 N–H and O–H groups in total. The first kappa shape index (κ1) is 17.1. The van der Waals surface area contributed by atoms with Crippen LogP contribution in [0, 0.1) is 11.8 Å². The lowest BCUT2D eigenvalue weighted by Gasteiger charge is -2.24. The van der Waals surface area contributed by atoms with E-state index in [0.29, 0.717) is 29.0 Å². The number of nitrogens with two attached hydrogens (primary N) is 1. The third-order valence-corrected chi connectivity index (χ3v) is 6.03. The fraction of sp³-hybridized carbons (Fsp3) is 0.650. The fourth-order valence-electron chi connectivity index (χ4n) is 4.79. The third-order valence-electron chi connectivity index (χ3n) is 6.03. The second-order valence-electron chi connectivity index (χ2n) is 8.45. The predicted octanol–water partition coefficient (Wildman–Crippen LogP) is 3.32. The van der Waals surface area contributed by atoms with Crippen LogP contribution in [-0.4, -0.2) is 37.5 Å². The number of nitrogen functional groups attached to an aromatic ring is 1. The Morgan fingerprint density at radius 1 is 1.26 bits per heavy atom. The number of fused-ring (bicyclic) bond motifs is 4. The van der Waals surface area contributed by atoms with Crippen molar-refractivity contribution in [2.24, 2.45) is 11.8 Å². The fourth-order valence-corrected chi connectivity index (χ4v) is 4.79. The predicted molar refractivity (Wildman–Crippen MR) is 103 cm³/mol. The number of aromatic nitrogens is 4. The number of imidazole rings is 1. The highest BCUT2D eigenvalue weighted by molar-refractivity contribution is 5.82. The van der Waals surface area contributed by atoms with Gasteiger partial charge in [-0.05, 0) is 44.6 Å². The lowest BCUT2D eigenvalue weighted by Crippen LogP contribution is -2.30. The third kappa shape index (κ3) is 2.75. The summed E-state index contributed by atoms with van der Waals surface area (Å²) in [6, 6.07) is 0.193. The van der Waals surface area contributed by atoms with Crippen LogP contribution in [0.1, 0.15) is 58.3 Å². The van der Waals surface area contributed by atoms with E-state index in [9.17, 15) is 0 Å². The van der Waals surface area contributed by atoms with Crippen LogP contribution in [0.15, 0.2) is 12.4 Å². The molecule has 1 saturated heterocycles. The highest BCUT2D eigenvalue weighted by atomic mass is 16.8. The molecule has 0 bridgehead atoms. The van der Waals surface area contributed by atoms with E-state index in [1.54, 1.807) is 0 Å². The number of allylic oxidation sites excluding steroid dienone is 1. The number of nitrogens with zero attached hydrogens (tertiary/aromatic N) is 4. The van der Waals surface area contributed by atoms with Crippen molar-refractivity contribution in [3.63, 3.8) is 0 Å². The zero-order valence-electron chi connectivity index (χ0n) is 16.1. The summed E-state index contributed by atoms with van der Waals surface area (Å²) in [5, 5.41) is 0. The Morgan fingerprint density at radius 3 is 2.89 bits per heavy atom. The van der Waals surface area contributed by atoms with Gasteiger partial charge in [0.25, 0.3) is 0 Å². The lowest BCUT2D eigenvalue weighted by molar-refractivity contribution is -0.156. The van der Waals surface area contributed by atoms with Crippen LogP contribution >= 0.6 is 0 Å². The van der Waals surface area contributed by atoms with Gasteiger partial charge in [0.2, 0.25) is 0 Å². The summed E-state index contributed by atoms with van der Waals surface area (Å²) in [4.78, 5) is 13.7. The Kier molecular flexibility index (Phi) is 3.81. The summed E-state index contributed by atoms with van der Waals surface area (Å²) in [5.74, 6) is 1.68. The second-order valence-corrected chi connectivity index (χ2v) is 8.45. The van der Waals surface area contributed by atoms with Gasteiger partial charge in [-0.15, -0.1) is 0 Å². The molecule has 2 saturated carbocycles. The van der Waals surface area contributed by atoms with Crippen molar-refractivity contribution in [1.29, 1.82) is 0 Å². The van der Waals surface area contributed by atoms with E-state index in [1.807, 2.05) is 26.3 Å². The molecule has 3 aliphatic rings. The van der Waals surface area contributed by atoms with Crippen molar-refractivity contribution >= 4 is 23.1 Å². The Labute approximate surface area is 159 Å². The number of unbranched alkanes of at least 4 members (excludes halogenated alkanes) is 2. The molecule has 2 aliphatic carbocycles. The van der Waals surface area contributed by atoms with E-state index in [4.69, 9.17) is 20.2 Å². The van der Waals surface area contributed by atoms with Crippen molar-refractivity contribution in [1.82, 2.24) is 19.5 Å². The summed E-state index contributed by atoms with van der Waals surface area (Å²) in [5.41, 5.74) is 7.64. The first-order valence-electron chi connectivity index (χ1n) is 10.0. The first-order valence-corrected chi connectivity index (χ1v) is 10.0. The SMILES string of the molecule is CCCCC=Cc1nc(N)c2ncn(C3C4CC4C4OC(C)(C)OC43)c2n1. The van der Waals surface area contributed by atoms with Gasteiger partial charge in [-0.25, -0.2) is 15.0 Å². The molecule has 7 heteroatoms. The van der Waals surface area contributed by atoms with Gasteiger partial charge in [0, 0.05) is 0 Å². The van der Waals surface area contributed by atoms with E-state index < -0.39 is 5.79 Å². The Morgan fingerprint density at radius 2 is 2.07 bits per heavy atom. The van der Waals surface area contributed by atoms with E-state index in [0.717, 1.165) is 18.5 Å². The lowest BCUT2D eigenvalue weighted by atomic mass is 10.1. The van der Waals surface area contributed by atoms with Crippen LogP contribution in [-0.2, 0) is 9.47 Å². The summed E-state index contributed by atoms with van der Waals surface area (Å²) in [6.07, 6.45) is 10.7. The van der Waals surface area contributed by atoms with E-state index >= 15 is 0 Å². The molecule has 5 unspecified atom stereocenters. The van der Waals surface area contributed by atoms with Crippen molar-refractivity contribution in [3.8, 4) is 0 Å². The normalized spacial score (nSPS) is 33.7. The molecule has 27 heavy (non-hydrogen) atoms. The average Bonchev–Trinajstić information content (AvgIpc) is 3.03. The van der Waals surface area contributed by atoms with Crippen molar-refractivity contribution < 1.29 is 9.47 Å². The smallest absolute Gasteiger partial charge is 0.166 e. The van der Waals surface area contributed by atoms with Crippen LogP contribution < -0.4 is 5.73 Å². The van der Waals surface area contributed by atoms with Crippen LogP contribution in [0.3, 0.4) is 0 Å². The van der Waals surface area contributed by atoms with Crippen LogP contribution in [0.2, 0.25) is 0 Å². The number of hydrogen-bond donors (Lipinski definition) is 1. The van der Waals surface area contributed by atoms with Gasteiger partial charge < -0.3 is 19.8 Å². The highest BCUT2D eigenvalue weighted by Gasteiger charge is 2.66. The minimum Gasteiger partial charge on any atom is -0.382 e. The summed E-state index contributed by atoms with van der Waals surface area (Å²) >= 11 is 0. The largest absolute Gasteiger partial charge is 0.382 e. The van der Waals surface area contributed by atoms with Crippen molar-refractivity contribution in [3.05, 3.63) is 18.2 Å². The molecule has 0 radical (unpaired) electrons. The number of rotatable bonds is 5. The van der Waals surface area contributed by atoms with Gasteiger partial charge in [0.1, 0.15) is 11.6 Å². The number of ether oxygens (including phenoxy) is 2. The molecule has 0 spiro atoms. The molecule has 2 aromatic heterocycles. The van der Waals surface area contributed by atoms with Crippen LogP contribution in [0.25, 0.3) is 17.2 Å². The standard InChI is InChI=1S/C20H27N5O2/c1-4-5-6-7-8-13-23-18(21)14-19(24-13)25(10-22-14)15-11-9-12(11)16-17(15)27-20(2,3)26-16/h7-8,10-12,15-17H,4-6,9H2,1-3H3,(H2,21,23,24). The Balaban J connectivity index is 1.51. The van der Waals surface area contributed by atoms with E-state index in [-0.39, 0.29) is 18.2 Å². The summed E-state index contributed by atoms with van der Waals surface area (Å²) in [6.45, 7) is 6.17. The first-order chi connectivity index (χ1) is 13.0. The minimum absolute atomic E-state index is 0.0425. The Bertz CT molecular complexity index is 905. The molecule has 3 heterocycles. The molecule has 2 aromatic rings. The number of hydrogen-bond acceptors (Lipinski definition) is 6. The van der Waals surface area contributed by atoms with Gasteiger partial charge in [0.15, 0.2) is 23.1 Å². The molecule has 144 valence electrons. The van der Waals surface area contributed by atoms with E-state index in [2.05, 4.69) is 27.5 Å². The highest BCUT2D eigenvalue weighted by Crippen LogP contribution is 2.63. The quantitative estimate of drug-likeness (QED) is 0.814. The van der Waals surface area contributed by atoms with Gasteiger partial charge in [-0.1, -0.05) is 25.8 Å². The monoisotopic (exact) mass is 369 g/mol. The zero-order chi connectivity index (χ0) is 18.8. The topological polar surface area (TPSA) is 88.1 Å². The van der Waals surface area contributed by atoms with Gasteiger partial charge in [-0.3, -0.25) is 0 Å². The van der Waals surface area contributed by atoms with Gasteiger partial charge >= 0.3 is 0 Å². The molecule has 5 atom stereocenters. The maximum atomic E-state index is 6.25. The number of anilines is 1. The maximum absolute atomic E-state index is 6.25. The molecule has 0 amide bonds. The molecular formula is C20H27N5O2. The molecule has 5 rings (SSSR count).